The minimum Gasteiger partial charge on any atom is -0.481 e. The molecule has 1 aromatic rings. The molecule has 1 aliphatic heterocycles. The third-order valence-electron chi connectivity index (χ3n) is 4.00. The third kappa shape index (κ3) is 3.48. The summed E-state index contributed by atoms with van der Waals surface area (Å²) in [6, 6.07) is 6.21. The quantitative estimate of drug-likeness (QED) is 0.886. The molecule has 1 fully saturated rings. The first-order valence-electron chi connectivity index (χ1n) is 7.16. The maximum absolute atomic E-state index is 12.8. The summed E-state index contributed by atoms with van der Waals surface area (Å²) in [5.74, 6) is -1.40. The van der Waals surface area contributed by atoms with Crippen molar-refractivity contribution >= 4 is 16.0 Å². The Balaban J connectivity index is 2.28. The van der Waals surface area contributed by atoms with Crippen LogP contribution < -0.4 is 0 Å². The highest BCUT2D eigenvalue weighted by atomic mass is 32.2. The highest BCUT2D eigenvalue weighted by molar-refractivity contribution is 7.89. The van der Waals surface area contributed by atoms with Crippen molar-refractivity contribution in [3.63, 3.8) is 0 Å². The highest BCUT2D eigenvalue weighted by Crippen LogP contribution is 2.29. The molecule has 22 heavy (non-hydrogen) atoms. The lowest BCUT2D eigenvalue weighted by atomic mass is 9.93. The minimum absolute atomic E-state index is 0.189. The number of methoxy groups -OCH3 is 1. The molecule has 2 rings (SSSR count). The van der Waals surface area contributed by atoms with E-state index < -0.39 is 28.0 Å². The average molecular weight is 327 g/mol. The lowest BCUT2D eigenvalue weighted by molar-refractivity contribution is -0.143. The fourth-order valence-corrected chi connectivity index (χ4v) is 4.40. The van der Waals surface area contributed by atoms with Crippen LogP contribution in [0, 0.1) is 12.8 Å². The zero-order chi connectivity index (χ0) is 16.3. The van der Waals surface area contributed by atoms with Gasteiger partial charge in [0.05, 0.1) is 17.4 Å². The summed E-state index contributed by atoms with van der Waals surface area (Å²) >= 11 is 0. The molecule has 0 radical (unpaired) electrons. The molecule has 6 nitrogen and oxygen atoms in total. The Kier molecular flexibility index (Phi) is 5.20. The topological polar surface area (TPSA) is 83.9 Å². The van der Waals surface area contributed by atoms with Gasteiger partial charge in [0.2, 0.25) is 10.0 Å². The van der Waals surface area contributed by atoms with Crippen LogP contribution in [-0.2, 0) is 19.6 Å². The fraction of sp³-hybridized carbons (Fsp3) is 0.533. The third-order valence-corrected chi connectivity index (χ3v) is 5.96. The van der Waals surface area contributed by atoms with Gasteiger partial charge in [-0.15, -0.1) is 0 Å². The molecule has 7 heteroatoms. The van der Waals surface area contributed by atoms with Gasteiger partial charge < -0.3 is 9.84 Å². The predicted octanol–water partition coefficient (Wildman–Crippen LogP) is 1.50. The van der Waals surface area contributed by atoms with Gasteiger partial charge in [0.15, 0.2) is 0 Å². The largest absolute Gasteiger partial charge is 0.481 e. The second kappa shape index (κ2) is 6.76. The molecule has 2 atom stereocenters. The second-order valence-corrected chi connectivity index (χ2v) is 7.49. The molecule has 1 aromatic carbocycles. The van der Waals surface area contributed by atoms with Gasteiger partial charge in [-0.05, 0) is 31.9 Å². The summed E-state index contributed by atoms with van der Waals surface area (Å²) in [5, 5.41) is 9.15. The van der Waals surface area contributed by atoms with Crippen LogP contribution in [0.3, 0.4) is 0 Å². The van der Waals surface area contributed by atoms with Crippen molar-refractivity contribution in [2.24, 2.45) is 5.92 Å². The zero-order valence-corrected chi connectivity index (χ0v) is 13.5. The zero-order valence-electron chi connectivity index (χ0n) is 12.7. The van der Waals surface area contributed by atoms with Gasteiger partial charge in [-0.2, -0.15) is 4.31 Å². The number of nitrogens with zero attached hydrogens (tertiary/aromatic N) is 1. The van der Waals surface area contributed by atoms with Gasteiger partial charge in [0.25, 0.3) is 0 Å². The molecule has 0 bridgehead atoms. The molecule has 1 heterocycles. The second-order valence-electron chi connectivity index (χ2n) is 5.60. The molecule has 1 aliphatic rings. The van der Waals surface area contributed by atoms with Gasteiger partial charge in [-0.1, -0.05) is 17.7 Å². The first-order valence-corrected chi connectivity index (χ1v) is 8.60. The van der Waals surface area contributed by atoms with Gasteiger partial charge in [-0.25, -0.2) is 8.42 Å². The number of carbonyl (C=O) groups is 1. The van der Waals surface area contributed by atoms with Gasteiger partial charge >= 0.3 is 5.97 Å². The van der Waals surface area contributed by atoms with E-state index in [-0.39, 0.29) is 24.5 Å². The van der Waals surface area contributed by atoms with Crippen LogP contribution in [0.1, 0.15) is 18.4 Å². The highest BCUT2D eigenvalue weighted by Gasteiger charge is 2.38. The van der Waals surface area contributed by atoms with E-state index in [1.807, 2.05) is 6.92 Å². The molecule has 122 valence electrons. The molecule has 0 unspecified atom stereocenters. The SMILES string of the molecule is COC[C@H]1C[C@H](C(=O)O)CCN1S(=O)(=O)c1ccc(C)cc1. The van der Waals surface area contributed by atoms with Crippen molar-refractivity contribution in [2.75, 3.05) is 20.3 Å². The molecule has 0 saturated carbocycles. The summed E-state index contributed by atoms with van der Waals surface area (Å²) in [5.41, 5.74) is 0.983. The van der Waals surface area contributed by atoms with E-state index >= 15 is 0 Å². The van der Waals surface area contributed by atoms with E-state index in [0.29, 0.717) is 6.42 Å². The number of rotatable bonds is 5. The summed E-state index contributed by atoms with van der Waals surface area (Å²) < 4.78 is 32.0. The lowest BCUT2D eigenvalue weighted by Crippen LogP contribution is -2.49. The van der Waals surface area contributed by atoms with E-state index in [0.717, 1.165) is 5.56 Å². The number of ether oxygens (including phenoxy) is 1. The molecule has 0 amide bonds. The number of sulfonamides is 1. The van der Waals surface area contributed by atoms with Crippen molar-refractivity contribution in [1.82, 2.24) is 4.31 Å². The summed E-state index contributed by atoms with van der Waals surface area (Å²) in [6.45, 7) is 2.28. The summed E-state index contributed by atoms with van der Waals surface area (Å²) in [7, 11) is -2.15. The Bertz CT molecular complexity index is 626. The number of hydrogen-bond acceptors (Lipinski definition) is 4. The van der Waals surface area contributed by atoms with E-state index in [4.69, 9.17) is 9.84 Å². The van der Waals surface area contributed by atoms with E-state index in [1.54, 1.807) is 24.3 Å². The van der Waals surface area contributed by atoms with Crippen molar-refractivity contribution in [3.8, 4) is 0 Å². The number of benzene rings is 1. The molecule has 0 spiro atoms. The van der Waals surface area contributed by atoms with Gasteiger partial charge in [0.1, 0.15) is 0 Å². The van der Waals surface area contributed by atoms with Crippen LogP contribution in [-0.4, -0.2) is 50.1 Å². The first kappa shape index (κ1) is 16.9. The van der Waals surface area contributed by atoms with Crippen molar-refractivity contribution in [3.05, 3.63) is 29.8 Å². The molecular weight excluding hydrogens is 306 g/mol. The van der Waals surface area contributed by atoms with E-state index in [2.05, 4.69) is 0 Å². The van der Waals surface area contributed by atoms with Crippen LogP contribution in [0.25, 0.3) is 0 Å². The van der Waals surface area contributed by atoms with E-state index in [9.17, 15) is 13.2 Å². The lowest BCUT2D eigenvalue weighted by Gasteiger charge is -2.36. The molecular formula is C15H21NO5S. The first-order chi connectivity index (χ1) is 10.4. The Morgan fingerprint density at radius 2 is 2.00 bits per heavy atom. The Morgan fingerprint density at radius 3 is 2.55 bits per heavy atom. The van der Waals surface area contributed by atoms with Crippen molar-refractivity contribution < 1.29 is 23.1 Å². The summed E-state index contributed by atoms with van der Waals surface area (Å²) in [4.78, 5) is 11.4. The van der Waals surface area contributed by atoms with Crippen LogP contribution in [0.5, 0.6) is 0 Å². The standard InChI is InChI=1S/C15H21NO5S/c1-11-3-5-14(6-4-11)22(19,20)16-8-7-12(15(17)18)9-13(16)10-21-2/h3-6,12-13H,7-10H2,1-2H3,(H,17,18)/t12-,13-/m1/s1. The number of aryl methyl sites for hydroxylation is 1. The van der Waals surface area contributed by atoms with Gasteiger partial charge in [-0.3, -0.25) is 4.79 Å². The molecule has 0 aromatic heterocycles. The number of carboxylic acid groups (broad SMARTS) is 1. The van der Waals surface area contributed by atoms with Crippen LogP contribution in [0.15, 0.2) is 29.2 Å². The van der Waals surface area contributed by atoms with Crippen LogP contribution in [0.4, 0.5) is 0 Å². The van der Waals surface area contributed by atoms with Crippen LogP contribution in [0.2, 0.25) is 0 Å². The normalized spacial score (nSPS) is 23.4. The number of hydrogen-bond donors (Lipinski definition) is 1. The van der Waals surface area contributed by atoms with Gasteiger partial charge in [0, 0.05) is 19.7 Å². The smallest absolute Gasteiger partial charge is 0.306 e. The number of carboxylic acids is 1. The maximum Gasteiger partial charge on any atom is 0.306 e. The number of piperidine rings is 1. The minimum atomic E-state index is -3.64. The predicted molar refractivity (Wildman–Crippen MR) is 81.1 cm³/mol. The number of aliphatic carboxylic acids is 1. The monoisotopic (exact) mass is 327 g/mol. The van der Waals surface area contributed by atoms with E-state index in [1.165, 1.54) is 11.4 Å². The Labute approximate surface area is 130 Å². The molecule has 0 aliphatic carbocycles. The van der Waals surface area contributed by atoms with Crippen molar-refractivity contribution in [2.45, 2.75) is 30.7 Å². The Hall–Kier alpha value is -1.44. The molecule has 1 N–H and O–H groups in total. The maximum atomic E-state index is 12.8. The average Bonchev–Trinajstić information content (AvgIpc) is 2.47. The fourth-order valence-electron chi connectivity index (χ4n) is 2.76. The summed E-state index contributed by atoms with van der Waals surface area (Å²) in [6.07, 6.45) is 0.592. The van der Waals surface area contributed by atoms with Crippen molar-refractivity contribution in [1.29, 1.82) is 0 Å². The molecule has 1 saturated heterocycles. The van der Waals surface area contributed by atoms with Crippen LogP contribution >= 0.6 is 0 Å². The Morgan fingerprint density at radius 1 is 1.36 bits per heavy atom.